The third-order valence-electron chi connectivity index (χ3n) is 3.69. The van der Waals surface area contributed by atoms with Crippen molar-refractivity contribution in [1.82, 2.24) is 10.6 Å². The first-order valence-corrected chi connectivity index (χ1v) is 8.45. The Balaban J connectivity index is 0.00000392. The van der Waals surface area contributed by atoms with Crippen LogP contribution in [0.4, 0.5) is 18.9 Å². The maximum absolute atomic E-state index is 13.6. The van der Waals surface area contributed by atoms with E-state index in [0.29, 0.717) is 12.5 Å². The molecule has 0 saturated carbocycles. The highest BCUT2D eigenvalue weighted by molar-refractivity contribution is 14.0. The molecular formula is C19H22F3IN4O. The molecule has 152 valence electrons. The Morgan fingerprint density at radius 3 is 2.39 bits per heavy atom. The van der Waals surface area contributed by atoms with Gasteiger partial charge in [0.2, 0.25) is 5.91 Å². The third-order valence-corrected chi connectivity index (χ3v) is 3.69. The highest BCUT2D eigenvalue weighted by Crippen LogP contribution is 2.19. The lowest BCUT2D eigenvalue weighted by Gasteiger charge is -2.18. The van der Waals surface area contributed by atoms with Gasteiger partial charge in [-0.25, -0.2) is 18.2 Å². The predicted octanol–water partition coefficient (Wildman–Crippen LogP) is 3.98. The van der Waals surface area contributed by atoms with Crippen LogP contribution in [0.3, 0.4) is 0 Å². The molecule has 0 heterocycles. The van der Waals surface area contributed by atoms with E-state index in [0.717, 1.165) is 17.7 Å². The Hall–Kier alpha value is -2.30. The zero-order chi connectivity index (χ0) is 19.8. The van der Waals surface area contributed by atoms with Crippen molar-refractivity contribution in [3.05, 3.63) is 65.5 Å². The van der Waals surface area contributed by atoms with Gasteiger partial charge in [-0.2, -0.15) is 0 Å². The lowest BCUT2D eigenvalue weighted by molar-refractivity contribution is -0.114. The van der Waals surface area contributed by atoms with Crippen molar-refractivity contribution in [1.29, 1.82) is 0 Å². The number of aliphatic imine (C=N–C) groups is 1. The molecule has 0 saturated heterocycles. The van der Waals surface area contributed by atoms with Crippen molar-refractivity contribution in [2.24, 2.45) is 4.99 Å². The van der Waals surface area contributed by atoms with Crippen LogP contribution in [0.5, 0.6) is 0 Å². The fourth-order valence-electron chi connectivity index (χ4n) is 2.31. The van der Waals surface area contributed by atoms with Gasteiger partial charge in [-0.3, -0.25) is 4.79 Å². The molecule has 5 nitrogen and oxygen atoms in total. The van der Waals surface area contributed by atoms with E-state index in [-0.39, 0.29) is 36.6 Å². The highest BCUT2D eigenvalue weighted by Gasteiger charge is 2.15. The van der Waals surface area contributed by atoms with Crippen LogP contribution in [0.2, 0.25) is 0 Å². The van der Waals surface area contributed by atoms with E-state index in [1.54, 1.807) is 0 Å². The highest BCUT2D eigenvalue weighted by atomic mass is 127. The lowest BCUT2D eigenvalue weighted by Crippen LogP contribution is -2.39. The van der Waals surface area contributed by atoms with Crippen LogP contribution in [-0.4, -0.2) is 25.0 Å². The number of anilines is 1. The normalized spacial score (nSPS) is 12.0. The molecule has 0 bridgehead atoms. The van der Waals surface area contributed by atoms with E-state index in [2.05, 4.69) is 20.9 Å². The van der Waals surface area contributed by atoms with E-state index in [1.165, 1.54) is 0 Å². The molecule has 0 aliphatic rings. The number of benzene rings is 2. The second kappa shape index (κ2) is 11.5. The minimum atomic E-state index is -1.64. The smallest absolute Gasteiger partial charge is 0.246 e. The first-order chi connectivity index (χ1) is 12.9. The molecule has 1 atom stereocenters. The van der Waals surface area contributed by atoms with Crippen LogP contribution in [0.1, 0.15) is 25.5 Å². The molecule has 9 heteroatoms. The number of hydrogen-bond acceptors (Lipinski definition) is 2. The molecule has 3 N–H and O–H groups in total. The number of carbonyl (C=O) groups excluding carboxylic acids is 1. The zero-order valence-corrected chi connectivity index (χ0v) is 17.8. The van der Waals surface area contributed by atoms with Crippen LogP contribution in [0.25, 0.3) is 0 Å². The van der Waals surface area contributed by atoms with Crippen molar-refractivity contribution in [3.8, 4) is 0 Å². The number of nitrogens with one attached hydrogen (secondary N) is 3. The second-order valence-electron chi connectivity index (χ2n) is 5.74. The van der Waals surface area contributed by atoms with Crippen molar-refractivity contribution in [2.75, 3.05) is 18.4 Å². The Morgan fingerprint density at radius 2 is 1.75 bits per heavy atom. The Labute approximate surface area is 178 Å². The quantitative estimate of drug-likeness (QED) is 0.241. The number of nitrogens with zero attached hydrogens (tertiary/aromatic N) is 1. The van der Waals surface area contributed by atoms with E-state index < -0.39 is 29.0 Å². The molecule has 28 heavy (non-hydrogen) atoms. The number of guanidine groups is 1. The largest absolute Gasteiger partial charge is 0.357 e. The predicted molar refractivity (Wildman–Crippen MR) is 114 cm³/mol. The summed E-state index contributed by atoms with van der Waals surface area (Å²) in [6, 6.07) is 11.3. The molecular weight excluding hydrogens is 484 g/mol. The van der Waals surface area contributed by atoms with E-state index in [9.17, 15) is 18.0 Å². The molecule has 0 fully saturated rings. The summed E-state index contributed by atoms with van der Waals surface area (Å²) >= 11 is 0. The summed E-state index contributed by atoms with van der Waals surface area (Å²) in [7, 11) is 0. The van der Waals surface area contributed by atoms with Gasteiger partial charge in [0.1, 0.15) is 6.54 Å². The summed E-state index contributed by atoms with van der Waals surface area (Å²) < 4.78 is 39.8. The Morgan fingerprint density at radius 1 is 1.07 bits per heavy atom. The van der Waals surface area contributed by atoms with Crippen LogP contribution in [0.15, 0.2) is 47.5 Å². The van der Waals surface area contributed by atoms with Crippen molar-refractivity contribution in [2.45, 2.75) is 19.9 Å². The monoisotopic (exact) mass is 506 g/mol. The molecule has 0 spiro atoms. The van der Waals surface area contributed by atoms with E-state index in [1.807, 2.05) is 44.2 Å². The van der Waals surface area contributed by atoms with Gasteiger partial charge in [0, 0.05) is 6.54 Å². The molecule has 0 aromatic heterocycles. The van der Waals surface area contributed by atoms with Crippen LogP contribution in [0, 0.1) is 17.5 Å². The second-order valence-corrected chi connectivity index (χ2v) is 5.74. The molecule has 1 amide bonds. The molecule has 0 radical (unpaired) electrons. The summed E-state index contributed by atoms with van der Waals surface area (Å²) in [6.07, 6.45) is 0. The van der Waals surface area contributed by atoms with Gasteiger partial charge in [-0.15, -0.1) is 24.0 Å². The summed E-state index contributed by atoms with van der Waals surface area (Å²) in [5.74, 6) is -4.67. The van der Waals surface area contributed by atoms with Gasteiger partial charge in [0.15, 0.2) is 23.4 Å². The Bertz CT molecular complexity index is 818. The fraction of sp³-hybridized carbons (Fsp3) is 0.263. The molecule has 2 aromatic carbocycles. The van der Waals surface area contributed by atoms with Gasteiger partial charge in [0.25, 0.3) is 0 Å². The summed E-state index contributed by atoms with van der Waals surface area (Å²) in [5, 5.41) is 8.34. The number of carbonyl (C=O) groups is 1. The SMILES string of the molecule is CCNC(=NCC(=O)Nc1ccc(F)c(F)c1F)NC(C)c1ccccc1.I. The van der Waals surface area contributed by atoms with Crippen molar-refractivity contribution in [3.63, 3.8) is 0 Å². The number of hydrogen-bond donors (Lipinski definition) is 3. The molecule has 2 aromatic rings. The summed E-state index contributed by atoms with van der Waals surface area (Å²) in [6.45, 7) is 4.07. The van der Waals surface area contributed by atoms with E-state index >= 15 is 0 Å². The van der Waals surface area contributed by atoms with E-state index in [4.69, 9.17) is 0 Å². The fourth-order valence-corrected chi connectivity index (χ4v) is 2.31. The minimum Gasteiger partial charge on any atom is -0.357 e. The van der Waals surface area contributed by atoms with Crippen LogP contribution < -0.4 is 16.0 Å². The topological polar surface area (TPSA) is 65.5 Å². The van der Waals surface area contributed by atoms with Crippen molar-refractivity contribution < 1.29 is 18.0 Å². The van der Waals surface area contributed by atoms with Crippen LogP contribution >= 0.6 is 24.0 Å². The van der Waals surface area contributed by atoms with Gasteiger partial charge in [-0.05, 0) is 31.5 Å². The molecule has 1 unspecified atom stereocenters. The molecule has 2 rings (SSSR count). The lowest BCUT2D eigenvalue weighted by atomic mass is 10.1. The maximum atomic E-state index is 13.6. The first-order valence-electron chi connectivity index (χ1n) is 8.45. The van der Waals surface area contributed by atoms with Gasteiger partial charge >= 0.3 is 0 Å². The average Bonchev–Trinajstić information content (AvgIpc) is 2.67. The molecule has 0 aliphatic heterocycles. The van der Waals surface area contributed by atoms with Gasteiger partial charge in [0.05, 0.1) is 11.7 Å². The number of halogens is 4. The van der Waals surface area contributed by atoms with Crippen molar-refractivity contribution >= 4 is 41.5 Å². The van der Waals surface area contributed by atoms with Crippen LogP contribution in [-0.2, 0) is 4.79 Å². The number of amides is 1. The average molecular weight is 506 g/mol. The summed E-state index contributed by atoms with van der Waals surface area (Å²) in [4.78, 5) is 16.1. The van der Waals surface area contributed by atoms with Gasteiger partial charge in [-0.1, -0.05) is 30.3 Å². The zero-order valence-electron chi connectivity index (χ0n) is 15.4. The maximum Gasteiger partial charge on any atom is 0.246 e. The number of rotatable bonds is 6. The first kappa shape index (κ1) is 23.7. The standard InChI is InChI=1S/C19H21F3N4O.HI/c1-3-23-19(25-12(2)13-7-5-4-6-8-13)24-11-16(27)26-15-10-9-14(20)17(21)18(15)22;/h4-10,12H,3,11H2,1-2H3,(H,26,27)(H2,23,24,25);1H. The summed E-state index contributed by atoms with van der Waals surface area (Å²) in [5.41, 5.74) is 0.598. The Kier molecular flexibility index (Phi) is 9.77. The third kappa shape index (κ3) is 6.70. The minimum absolute atomic E-state index is 0. The van der Waals surface area contributed by atoms with Gasteiger partial charge < -0.3 is 16.0 Å². The molecule has 0 aliphatic carbocycles.